The number of carbonyl (C=O) groups excluding carboxylic acids is 3. The van der Waals surface area contributed by atoms with Crippen LogP contribution in [0, 0.1) is 8.99 Å². The number of amides is 2. The fraction of sp³-hybridized carbons (Fsp3) is 0.400. The van der Waals surface area contributed by atoms with Gasteiger partial charge in [-0.1, -0.05) is 72.8 Å². The molecule has 0 aromatic heterocycles. The summed E-state index contributed by atoms with van der Waals surface area (Å²) in [5.74, 6) is -3.41. The zero-order valence-corrected chi connectivity index (χ0v) is 28.2. The van der Waals surface area contributed by atoms with E-state index in [2.05, 4.69) is 33.2 Å². The summed E-state index contributed by atoms with van der Waals surface area (Å²) in [5, 5.41) is 26.5. The molecule has 252 valence electrons. The minimum absolute atomic E-state index is 0.0255. The van der Waals surface area contributed by atoms with E-state index in [-0.39, 0.29) is 26.1 Å². The summed E-state index contributed by atoms with van der Waals surface area (Å²) in [7, 11) is 0. The summed E-state index contributed by atoms with van der Waals surface area (Å²) in [6.45, 7) is 1.16. The van der Waals surface area contributed by atoms with Crippen molar-refractivity contribution in [1.82, 2.24) is 15.7 Å². The minimum atomic E-state index is -1.58. The minimum Gasteiger partial charge on any atom is -0.458 e. The van der Waals surface area contributed by atoms with E-state index in [1.807, 2.05) is 84.9 Å². The third kappa shape index (κ3) is 5.50. The van der Waals surface area contributed by atoms with Crippen molar-refractivity contribution >= 4 is 40.4 Å². The summed E-state index contributed by atoms with van der Waals surface area (Å²) in [6.07, 6.45) is -4.88. The zero-order valence-electron chi connectivity index (χ0n) is 26.0. The van der Waals surface area contributed by atoms with Gasteiger partial charge in [0.1, 0.15) is 35.9 Å². The lowest BCUT2D eigenvalue weighted by atomic mass is 9.62. The molecule has 1 saturated carbocycles. The van der Waals surface area contributed by atoms with Crippen LogP contribution in [0.1, 0.15) is 30.0 Å². The third-order valence-corrected chi connectivity index (χ3v) is 10.2. The molecular weight excluding hydrogens is 733 g/mol. The number of aliphatic hydroxyl groups excluding tert-OH is 2. The summed E-state index contributed by atoms with van der Waals surface area (Å²) in [4.78, 5) is 48.4. The topological polar surface area (TPSA) is 156 Å². The summed E-state index contributed by atoms with van der Waals surface area (Å²) in [6, 6.07) is 24.0. The molecule has 0 radical (unpaired) electrons. The second-order valence-electron chi connectivity index (χ2n) is 12.6. The molecule has 2 amide bonds. The van der Waals surface area contributed by atoms with E-state index in [4.69, 9.17) is 19.0 Å². The molecule has 12 nitrogen and oxygen atoms in total. The first kappa shape index (κ1) is 33.1. The highest BCUT2D eigenvalue weighted by Crippen LogP contribution is 2.59. The standard InChI is InChI=1S/C35H36IN3O9/c1-20(41)26(31(42)37-15-16-40)38-33(44)34-18-25-27-28(47-35(46-27,22-10-4-2-5-11-22)23-12-6-3-7-13-23)30(34)48-39(29(34)32(43)45-25)19-21-9-8-14-24(36)17-21/h2-14,17,20,25-30,40-41H,15-16,18-19H2,1H3,(H,37,42)(H,38,44). The number of nitrogens with one attached hydrogen (secondary N) is 2. The quantitative estimate of drug-likeness (QED) is 0.177. The van der Waals surface area contributed by atoms with Crippen molar-refractivity contribution in [3.8, 4) is 0 Å². The zero-order chi connectivity index (χ0) is 33.6. The molecule has 3 aromatic carbocycles. The summed E-state index contributed by atoms with van der Waals surface area (Å²) < 4.78 is 20.9. The molecule has 3 aliphatic heterocycles. The smallest absolute Gasteiger partial charge is 0.327 e. The van der Waals surface area contributed by atoms with Gasteiger partial charge >= 0.3 is 5.97 Å². The average Bonchev–Trinajstić information content (AvgIpc) is 3.66. The van der Waals surface area contributed by atoms with Crippen LogP contribution in [0.5, 0.6) is 0 Å². The molecule has 7 rings (SSSR count). The van der Waals surface area contributed by atoms with Crippen LogP contribution in [0.4, 0.5) is 0 Å². The Bertz CT molecular complexity index is 1640. The van der Waals surface area contributed by atoms with Crippen LogP contribution in [0.3, 0.4) is 0 Å². The number of aliphatic hydroxyl groups is 2. The summed E-state index contributed by atoms with van der Waals surface area (Å²) in [5.41, 5.74) is 0.689. The molecule has 48 heavy (non-hydrogen) atoms. The Morgan fingerprint density at radius 1 is 1.00 bits per heavy atom. The number of ether oxygens (including phenoxy) is 3. The van der Waals surface area contributed by atoms with Gasteiger partial charge in [-0.2, -0.15) is 5.06 Å². The summed E-state index contributed by atoms with van der Waals surface area (Å²) >= 11 is 2.21. The Morgan fingerprint density at radius 2 is 1.67 bits per heavy atom. The van der Waals surface area contributed by atoms with Gasteiger partial charge in [0.05, 0.1) is 19.3 Å². The number of halogens is 1. The lowest BCUT2D eigenvalue weighted by molar-refractivity contribution is -0.213. The van der Waals surface area contributed by atoms with E-state index in [0.717, 1.165) is 9.13 Å². The second kappa shape index (κ2) is 13.1. The first-order chi connectivity index (χ1) is 23.2. The molecule has 8 atom stereocenters. The van der Waals surface area contributed by atoms with Crippen molar-refractivity contribution in [3.63, 3.8) is 0 Å². The molecule has 3 aromatic rings. The third-order valence-electron chi connectivity index (χ3n) is 9.58. The van der Waals surface area contributed by atoms with Gasteiger partial charge in [-0.3, -0.25) is 19.2 Å². The first-order valence-corrected chi connectivity index (χ1v) is 17.0. The van der Waals surface area contributed by atoms with Gasteiger partial charge in [0.2, 0.25) is 17.6 Å². The number of carbonyl (C=O) groups is 3. The van der Waals surface area contributed by atoms with Crippen LogP contribution in [0.25, 0.3) is 0 Å². The first-order valence-electron chi connectivity index (χ1n) is 15.9. The molecule has 4 N–H and O–H groups in total. The molecule has 3 saturated heterocycles. The number of benzene rings is 3. The number of rotatable bonds is 10. The SMILES string of the molecule is CC(O)C(NC(=O)C12CC3OC(=O)C1N(Cc1cccc(I)c1)OC2C1OC(c2ccccc2)(c2ccccc2)OC31)C(=O)NCCO. The predicted octanol–water partition coefficient (Wildman–Crippen LogP) is 1.75. The molecule has 4 fully saturated rings. The van der Waals surface area contributed by atoms with E-state index in [1.54, 1.807) is 0 Å². The molecule has 2 bridgehead atoms. The predicted molar refractivity (Wildman–Crippen MR) is 177 cm³/mol. The Balaban J connectivity index is 1.32. The molecule has 13 heteroatoms. The van der Waals surface area contributed by atoms with E-state index < -0.39 is 71.6 Å². The van der Waals surface area contributed by atoms with Gasteiger partial charge in [0.15, 0.2) is 6.04 Å². The highest BCUT2D eigenvalue weighted by Gasteiger charge is 2.76. The number of fused-ring (bicyclic) bond motifs is 4. The van der Waals surface area contributed by atoms with Crippen molar-refractivity contribution in [2.75, 3.05) is 13.2 Å². The van der Waals surface area contributed by atoms with Gasteiger partial charge in [-0.15, -0.1) is 0 Å². The van der Waals surface area contributed by atoms with Crippen molar-refractivity contribution < 1.29 is 43.6 Å². The number of hydrogen-bond donors (Lipinski definition) is 4. The van der Waals surface area contributed by atoms with Crippen LogP contribution < -0.4 is 10.6 Å². The maximum absolute atomic E-state index is 14.7. The van der Waals surface area contributed by atoms with E-state index in [9.17, 15) is 24.6 Å². The monoisotopic (exact) mass is 769 g/mol. The van der Waals surface area contributed by atoms with Gasteiger partial charge in [0.25, 0.3) is 0 Å². The Kier molecular flexibility index (Phi) is 9.04. The highest BCUT2D eigenvalue weighted by atomic mass is 127. The maximum atomic E-state index is 14.7. The lowest BCUT2D eigenvalue weighted by Gasteiger charge is -2.49. The maximum Gasteiger partial charge on any atom is 0.327 e. The van der Waals surface area contributed by atoms with Gasteiger partial charge in [-0.05, 0) is 47.2 Å². The van der Waals surface area contributed by atoms with Crippen LogP contribution >= 0.6 is 22.6 Å². The molecule has 1 aliphatic carbocycles. The molecule has 4 aliphatic rings. The number of nitrogens with zero attached hydrogens (tertiary/aromatic N) is 1. The second-order valence-corrected chi connectivity index (χ2v) is 13.8. The van der Waals surface area contributed by atoms with Crippen LogP contribution in [0.15, 0.2) is 84.9 Å². The van der Waals surface area contributed by atoms with E-state index in [0.29, 0.717) is 11.1 Å². The molecule has 8 unspecified atom stereocenters. The fourth-order valence-electron chi connectivity index (χ4n) is 7.47. The van der Waals surface area contributed by atoms with Crippen LogP contribution in [0.2, 0.25) is 0 Å². The van der Waals surface area contributed by atoms with Crippen molar-refractivity contribution in [2.45, 2.75) is 68.3 Å². The van der Waals surface area contributed by atoms with Gasteiger partial charge in [-0.25, -0.2) is 0 Å². The highest BCUT2D eigenvalue weighted by molar-refractivity contribution is 14.1. The Morgan fingerprint density at radius 3 is 2.29 bits per heavy atom. The fourth-order valence-corrected chi connectivity index (χ4v) is 8.08. The van der Waals surface area contributed by atoms with Gasteiger partial charge in [0, 0.05) is 27.7 Å². The van der Waals surface area contributed by atoms with Gasteiger partial charge < -0.3 is 35.1 Å². The van der Waals surface area contributed by atoms with Crippen molar-refractivity contribution in [3.05, 3.63) is 105 Å². The lowest BCUT2D eigenvalue weighted by Crippen LogP contribution is -2.71. The van der Waals surface area contributed by atoms with Crippen LogP contribution in [-0.4, -0.2) is 88.8 Å². The molecule has 0 spiro atoms. The average molecular weight is 770 g/mol. The Labute approximate surface area is 290 Å². The number of hydroxylamine groups is 2. The largest absolute Gasteiger partial charge is 0.458 e. The molecular formula is C35H36IN3O9. The van der Waals surface area contributed by atoms with Crippen molar-refractivity contribution in [2.24, 2.45) is 5.41 Å². The van der Waals surface area contributed by atoms with E-state index >= 15 is 0 Å². The van der Waals surface area contributed by atoms with E-state index in [1.165, 1.54) is 12.0 Å². The number of esters is 1. The number of hydrogen-bond acceptors (Lipinski definition) is 10. The normalized spacial score (nSPS) is 29.8. The van der Waals surface area contributed by atoms with Crippen LogP contribution in [-0.2, 0) is 45.8 Å². The molecule has 3 heterocycles. The Hall–Kier alpha value is -3.44. The van der Waals surface area contributed by atoms with Crippen molar-refractivity contribution in [1.29, 1.82) is 0 Å².